The van der Waals surface area contributed by atoms with Crippen LogP contribution in [-0.4, -0.2) is 37.1 Å². The lowest BCUT2D eigenvalue weighted by molar-refractivity contribution is -0.143. The van der Waals surface area contributed by atoms with Crippen molar-refractivity contribution in [2.45, 2.75) is 37.9 Å². The lowest BCUT2D eigenvalue weighted by atomic mass is 9.96. The minimum absolute atomic E-state index is 0.0724. The normalized spacial score (nSPS) is 33.5. The second kappa shape index (κ2) is 4.40. The van der Waals surface area contributed by atoms with E-state index in [1.165, 1.54) is 12.8 Å². The van der Waals surface area contributed by atoms with E-state index in [4.69, 9.17) is 9.47 Å². The molecule has 76 valence electrons. The lowest BCUT2D eigenvalue weighted by Gasteiger charge is -2.30. The molecule has 2 rings (SSSR count). The first-order valence-electron chi connectivity index (χ1n) is 5.25. The molecule has 2 atom stereocenters. The Bertz CT molecular complexity index is 148. The van der Waals surface area contributed by atoms with Gasteiger partial charge in [0.15, 0.2) is 0 Å². The van der Waals surface area contributed by atoms with Crippen molar-refractivity contribution in [3.63, 3.8) is 0 Å². The topological polar surface area (TPSA) is 38.7 Å². The summed E-state index contributed by atoms with van der Waals surface area (Å²) in [7, 11) is 0. The summed E-state index contributed by atoms with van der Waals surface area (Å²) >= 11 is 0. The van der Waals surface area contributed by atoms with Crippen molar-refractivity contribution >= 4 is 0 Å². The molecule has 1 N–H and O–H groups in total. The van der Waals surface area contributed by atoms with Crippen LogP contribution < -0.4 is 0 Å². The Morgan fingerprint density at radius 3 is 2.54 bits per heavy atom. The first kappa shape index (κ1) is 9.44. The molecule has 2 fully saturated rings. The smallest absolute Gasteiger partial charge is 0.107 e. The number of hydrogen-bond acceptors (Lipinski definition) is 3. The molecule has 2 unspecified atom stereocenters. The van der Waals surface area contributed by atoms with Crippen LogP contribution in [0.2, 0.25) is 0 Å². The zero-order valence-electron chi connectivity index (χ0n) is 7.95. The molecule has 1 saturated heterocycles. The molecule has 0 bridgehead atoms. The van der Waals surface area contributed by atoms with Crippen molar-refractivity contribution < 1.29 is 14.6 Å². The van der Waals surface area contributed by atoms with Gasteiger partial charge in [-0.15, -0.1) is 0 Å². The van der Waals surface area contributed by atoms with Crippen LogP contribution in [0.25, 0.3) is 0 Å². The average Bonchev–Trinajstić information content (AvgIpc) is 2.71. The van der Waals surface area contributed by atoms with E-state index in [2.05, 4.69) is 0 Å². The van der Waals surface area contributed by atoms with Crippen molar-refractivity contribution in [1.29, 1.82) is 0 Å². The van der Waals surface area contributed by atoms with Gasteiger partial charge in [0.1, 0.15) is 6.10 Å². The van der Waals surface area contributed by atoms with Gasteiger partial charge in [-0.25, -0.2) is 0 Å². The Kier molecular flexibility index (Phi) is 3.19. The fourth-order valence-corrected chi connectivity index (χ4v) is 2.31. The summed E-state index contributed by atoms with van der Waals surface area (Å²) in [5.41, 5.74) is 0. The Hall–Kier alpha value is -0.120. The van der Waals surface area contributed by atoms with E-state index < -0.39 is 0 Å². The highest BCUT2D eigenvalue weighted by Gasteiger charge is 2.31. The van der Waals surface area contributed by atoms with Crippen molar-refractivity contribution in [2.24, 2.45) is 5.92 Å². The van der Waals surface area contributed by atoms with E-state index in [0.29, 0.717) is 25.7 Å². The third kappa shape index (κ3) is 2.22. The molecule has 3 nitrogen and oxygen atoms in total. The minimum Gasteiger partial charge on any atom is -0.390 e. The lowest BCUT2D eigenvalue weighted by Crippen LogP contribution is -2.41. The summed E-state index contributed by atoms with van der Waals surface area (Å²) in [5, 5.41) is 9.97. The summed E-state index contributed by atoms with van der Waals surface area (Å²) in [6.07, 6.45) is 4.45. The molecule has 2 aliphatic rings. The molecule has 0 aromatic rings. The molecule has 3 heteroatoms. The highest BCUT2D eigenvalue weighted by Crippen LogP contribution is 2.30. The Balaban J connectivity index is 1.83. The summed E-state index contributed by atoms with van der Waals surface area (Å²) in [6.45, 7) is 1.88. The van der Waals surface area contributed by atoms with E-state index in [-0.39, 0.29) is 12.2 Å². The van der Waals surface area contributed by atoms with Gasteiger partial charge >= 0.3 is 0 Å². The molecule has 0 aromatic heterocycles. The minimum atomic E-state index is -0.303. The van der Waals surface area contributed by atoms with Gasteiger partial charge in [0.2, 0.25) is 0 Å². The van der Waals surface area contributed by atoms with Crippen LogP contribution in [0.1, 0.15) is 25.7 Å². The fraction of sp³-hybridized carbons (Fsp3) is 1.00. The van der Waals surface area contributed by atoms with E-state index >= 15 is 0 Å². The molecule has 1 heterocycles. The summed E-state index contributed by atoms with van der Waals surface area (Å²) < 4.78 is 10.8. The second-order valence-corrected chi connectivity index (χ2v) is 4.02. The zero-order valence-corrected chi connectivity index (χ0v) is 7.95. The third-order valence-electron chi connectivity index (χ3n) is 3.11. The molecule has 0 amide bonds. The first-order valence-corrected chi connectivity index (χ1v) is 5.25. The average molecular weight is 186 g/mol. The molecule has 13 heavy (non-hydrogen) atoms. The number of rotatable bonds is 2. The predicted molar refractivity (Wildman–Crippen MR) is 48.5 cm³/mol. The predicted octanol–water partition coefficient (Wildman–Crippen LogP) is 0.953. The fourth-order valence-electron chi connectivity index (χ4n) is 2.31. The van der Waals surface area contributed by atoms with Crippen molar-refractivity contribution in [2.75, 3.05) is 19.8 Å². The standard InChI is InChI=1S/C10H18O3/c11-10(8-3-1-2-4-8)9-7-12-5-6-13-9/h8-11H,1-7H2. The molecular weight excluding hydrogens is 168 g/mol. The van der Waals surface area contributed by atoms with Crippen LogP contribution in [-0.2, 0) is 9.47 Å². The van der Waals surface area contributed by atoms with Gasteiger partial charge in [0.25, 0.3) is 0 Å². The number of ether oxygens (including phenoxy) is 2. The van der Waals surface area contributed by atoms with E-state index in [1.54, 1.807) is 0 Å². The van der Waals surface area contributed by atoms with Crippen molar-refractivity contribution in [3.05, 3.63) is 0 Å². The van der Waals surface area contributed by atoms with Crippen molar-refractivity contribution in [1.82, 2.24) is 0 Å². The van der Waals surface area contributed by atoms with Crippen molar-refractivity contribution in [3.8, 4) is 0 Å². The second-order valence-electron chi connectivity index (χ2n) is 4.02. The highest BCUT2D eigenvalue weighted by molar-refractivity contribution is 4.81. The number of aliphatic hydroxyl groups is 1. The maximum absolute atomic E-state index is 9.97. The van der Waals surface area contributed by atoms with Gasteiger partial charge in [-0.3, -0.25) is 0 Å². The molecule has 1 aliphatic carbocycles. The van der Waals surface area contributed by atoms with E-state index in [1.807, 2.05) is 0 Å². The van der Waals surface area contributed by atoms with E-state index in [0.717, 1.165) is 12.8 Å². The molecule has 0 spiro atoms. The van der Waals surface area contributed by atoms with Crippen LogP contribution in [0.15, 0.2) is 0 Å². The largest absolute Gasteiger partial charge is 0.390 e. The van der Waals surface area contributed by atoms with E-state index in [9.17, 15) is 5.11 Å². The summed E-state index contributed by atoms with van der Waals surface area (Å²) in [5.74, 6) is 0.451. The zero-order chi connectivity index (χ0) is 9.10. The van der Waals surface area contributed by atoms with Gasteiger partial charge in [-0.05, 0) is 18.8 Å². The maximum Gasteiger partial charge on any atom is 0.107 e. The van der Waals surface area contributed by atoms with Gasteiger partial charge in [0, 0.05) is 0 Å². The third-order valence-corrected chi connectivity index (χ3v) is 3.11. The Labute approximate surface area is 79.0 Å². The van der Waals surface area contributed by atoms with Crippen LogP contribution in [0, 0.1) is 5.92 Å². The highest BCUT2D eigenvalue weighted by atomic mass is 16.6. The number of aliphatic hydroxyl groups excluding tert-OH is 1. The van der Waals surface area contributed by atoms with Crippen LogP contribution >= 0.6 is 0 Å². The van der Waals surface area contributed by atoms with Gasteiger partial charge in [-0.1, -0.05) is 12.8 Å². The monoisotopic (exact) mass is 186 g/mol. The molecule has 0 radical (unpaired) electrons. The molecule has 1 saturated carbocycles. The SMILES string of the molecule is OC(C1CCCC1)C1COCCO1. The quantitative estimate of drug-likeness (QED) is 0.698. The Morgan fingerprint density at radius 1 is 1.15 bits per heavy atom. The molecule has 0 aromatic carbocycles. The van der Waals surface area contributed by atoms with Gasteiger partial charge in [0.05, 0.1) is 25.9 Å². The first-order chi connectivity index (χ1) is 6.38. The van der Waals surface area contributed by atoms with Gasteiger partial charge in [-0.2, -0.15) is 0 Å². The van der Waals surface area contributed by atoms with Crippen LogP contribution in [0.4, 0.5) is 0 Å². The van der Waals surface area contributed by atoms with Gasteiger partial charge < -0.3 is 14.6 Å². The molecule has 1 aliphatic heterocycles. The summed E-state index contributed by atoms with van der Waals surface area (Å²) in [6, 6.07) is 0. The molecular formula is C10H18O3. The number of hydrogen-bond donors (Lipinski definition) is 1. The summed E-state index contributed by atoms with van der Waals surface area (Å²) in [4.78, 5) is 0. The van der Waals surface area contributed by atoms with Crippen LogP contribution in [0.5, 0.6) is 0 Å². The van der Waals surface area contributed by atoms with Crippen LogP contribution in [0.3, 0.4) is 0 Å². The Morgan fingerprint density at radius 2 is 1.92 bits per heavy atom. The maximum atomic E-state index is 9.97.